The largest absolute Gasteiger partial charge is 0.134 e. The fourth-order valence-corrected chi connectivity index (χ4v) is 6.78. The van der Waals surface area contributed by atoms with Crippen molar-refractivity contribution in [3.05, 3.63) is 143 Å². The molecule has 38 heavy (non-hydrogen) atoms. The van der Waals surface area contributed by atoms with Crippen LogP contribution >= 0.6 is 22.7 Å². The average molecular weight is 525 g/mol. The van der Waals surface area contributed by atoms with Crippen molar-refractivity contribution >= 4 is 56.4 Å². The summed E-state index contributed by atoms with van der Waals surface area (Å²) in [6, 6.07) is 39.6. The van der Waals surface area contributed by atoms with E-state index in [2.05, 4.69) is 147 Å². The number of benzene rings is 4. The van der Waals surface area contributed by atoms with Gasteiger partial charge in [0.1, 0.15) is 0 Å². The zero-order valence-electron chi connectivity index (χ0n) is 21.5. The molecular weight excluding hydrogens is 497 g/mol. The molecule has 0 nitrogen and oxygen atoms in total. The van der Waals surface area contributed by atoms with Crippen LogP contribution in [0, 0.1) is 13.8 Å². The van der Waals surface area contributed by atoms with Gasteiger partial charge in [-0.2, -0.15) is 0 Å². The number of hydrogen-bond donors (Lipinski definition) is 0. The first kappa shape index (κ1) is 24.4. The van der Waals surface area contributed by atoms with Crippen LogP contribution in [0.25, 0.3) is 54.6 Å². The third-order valence-corrected chi connectivity index (χ3v) is 9.08. The molecule has 2 aromatic heterocycles. The van der Waals surface area contributed by atoms with Crippen LogP contribution < -0.4 is 0 Å². The lowest BCUT2D eigenvalue weighted by atomic mass is 10.1. The molecule has 6 rings (SSSR count). The SMILES string of the molecule is Cc1ccc(/C=C/c2ccc(-c3cc4sc(-c5ccc(/C=C/c6ccc(C)cc6)cc5)cc4s3)cc2)cc1. The van der Waals surface area contributed by atoms with Gasteiger partial charge in [-0.3, -0.25) is 0 Å². The molecule has 0 saturated carbocycles. The third-order valence-electron chi connectivity index (χ3n) is 6.69. The number of aryl methyl sites for hydroxylation is 2. The van der Waals surface area contributed by atoms with Gasteiger partial charge in [0.25, 0.3) is 0 Å². The highest BCUT2D eigenvalue weighted by Gasteiger charge is 2.10. The molecule has 6 aromatic rings. The van der Waals surface area contributed by atoms with Crippen LogP contribution in [0.4, 0.5) is 0 Å². The van der Waals surface area contributed by atoms with Gasteiger partial charge in [0.2, 0.25) is 0 Å². The summed E-state index contributed by atoms with van der Waals surface area (Å²) in [5.74, 6) is 0. The molecule has 2 heterocycles. The molecule has 4 aromatic carbocycles. The second-order valence-electron chi connectivity index (χ2n) is 9.68. The van der Waals surface area contributed by atoms with E-state index >= 15 is 0 Å². The molecule has 0 aliphatic heterocycles. The Bertz CT molecular complexity index is 1560. The summed E-state index contributed by atoms with van der Waals surface area (Å²) in [6.07, 6.45) is 8.70. The fourth-order valence-electron chi connectivity index (χ4n) is 4.38. The van der Waals surface area contributed by atoms with Crippen LogP contribution in [0.3, 0.4) is 0 Å². The molecule has 0 atom stereocenters. The molecule has 0 aliphatic rings. The number of hydrogen-bond acceptors (Lipinski definition) is 2. The van der Waals surface area contributed by atoms with Crippen molar-refractivity contribution in [2.75, 3.05) is 0 Å². The van der Waals surface area contributed by atoms with E-state index in [1.54, 1.807) is 0 Å². The minimum Gasteiger partial charge on any atom is -0.134 e. The Hall–Kier alpha value is -3.98. The Morgan fingerprint density at radius 2 is 0.684 bits per heavy atom. The van der Waals surface area contributed by atoms with Crippen molar-refractivity contribution < 1.29 is 0 Å². The highest BCUT2D eigenvalue weighted by atomic mass is 32.1. The normalized spacial score (nSPS) is 11.7. The van der Waals surface area contributed by atoms with E-state index in [1.165, 1.54) is 63.7 Å². The van der Waals surface area contributed by atoms with E-state index in [0.29, 0.717) is 0 Å². The molecule has 0 N–H and O–H groups in total. The van der Waals surface area contributed by atoms with Crippen molar-refractivity contribution in [1.82, 2.24) is 0 Å². The van der Waals surface area contributed by atoms with Gasteiger partial charge in [-0.1, -0.05) is 132 Å². The third kappa shape index (κ3) is 5.62. The van der Waals surface area contributed by atoms with Crippen LogP contribution in [0.2, 0.25) is 0 Å². The van der Waals surface area contributed by atoms with Gasteiger partial charge >= 0.3 is 0 Å². The first-order chi connectivity index (χ1) is 18.6. The molecule has 0 fully saturated rings. The molecule has 0 aliphatic carbocycles. The second kappa shape index (κ2) is 10.8. The standard InChI is InChI=1S/C36H28S2/c1-25-3-7-27(8-4-25)11-13-29-15-19-31(20-16-29)33-23-35-36(37-33)24-34(38-35)32-21-17-30(18-22-32)14-12-28-9-5-26(2)6-10-28/h3-24H,1-2H3/b13-11+,14-12+. The maximum Gasteiger partial charge on any atom is 0.0463 e. The molecule has 0 spiro atoms. The minimum absolute atomic E-state index is 1.21. The fraction of sp³-hybridized carbons (Fsp3) is 0.0556. The second-order valence-corrected chi connectivity index (χ2v) is 11.8. The van der Waals surface area contributed by atoms with E-state index in [-0.39, 0.29) is 0 Å². The van der Waals surface area contributed by atoms with E-state index in [4.69, 9.17) is 0 Å². The highest BCUT2D eigenvalue weighted by molar-refractivity contribution is 7.31. The van der Waals surface area contributed by atoms with E-state index < -0.39 is 0 Å². The van der Waals surface area contributed by atoms with Gasteiger partial charge in [0.05, 0.1) is 0 Å². The lowest BCUT2D eigenvalue weighted by molar-refractivity contribution is 1.46. The Morgan fingerprint density at radius 1 is 0.395 bits per heavy atom. The van der Waals surface area contributed by atoms with Gasteiger partial charge < -0.3 is 0 Å². The maximum atomic E-state index is 2.34. The van der Waals surface area contributed by atoms with E-state index in [0.717, 1.165) is 0 Å². The monoisotopic (exact) mass is 524 g/mol. The lowest BCUT2D eigenvalue weighted by Gasteiger charge is -2.00. The first-order valence-electron chi connectivity index (χ1n) is 12.8. The van der Waals surface area contributed by atoms with Crippen LogP contribution in [-0.4, -0.2) is 0 Å². The Labute approximate surface area is 232 Å². The number of thiophene rings is 2. The molecule has 184 valence electrons. The molecule has 0 saturated heterocycles. The zero-order valence-corrected chi connectivity index (χ0v) is 23.2. The average Bonchev–Trinajstić information content (AvgIpc) is 3.53. The summed E-state index contributed by atoms with van der Waals surface area (Å²) in [6.45, 7) is 4.23. The Balaban J connectivity index is 1.14. The van der Waals surface area contributed by atoms with E-state index in [1.807, 2.05) is 22.7 Å². The summed E-state index contributed by atoms with van der Waals surface area (Å²) >= 11 is 3.75. The molecule has 0 radical (unpaired) electrons. The smallest absolute Gasteiger partial charge is 0.0463 e. The Kier molecular flexibility index (Phi) is 6.92. The molecule has 0 unspecified atom stereocenters. The summed E-state index contributed by atoms with van der Waals surface area (Å²) in [4.78, 5) is 2.65. The van der Waals surface area contributed by atoms with Gasteiger partial charge in [-0.15, -0.1) is 22.7 Å². The van der Waals surface area contributed by atoms with Crippen LogP contribution in [-0.2, 0) is 0 Å². The predicted octanol–water partition coefficient (Wildman–Crippen LogP) is 11.3. The van der Waals surface area contributed by atoms with Crippen molar-refractivity contribution in [2.24, 2.45) is 0 Å². The van der Waals surface area contributed by atoms with E-state index in [9.17, 15) is 0 Å². The Morgan fingerprint density at radius 3 is 1.00 bits per heavy atom. The van der Waals surface area contributed by atoms with Crippen LogP contribution in [0.5, 0.6) is 0 Å². The summed E-state index contributed by atoms with van der Waals surface area (Å²) in [7, 11) is 0. The van der Waals surface area contributed by atoms with Crippen molar-refractivity contribution in [3.8, 4) is 20.9 Å². The summed E-state index contributed by atoms with van der Waals surface area (Å²) in [5, 5.41) is 0. The number of fused-ring (bicyclic) bond motifs is 1. The van der Waals surface area contributed by atoms with Crippen molar-refractivity contribution in [3.63, 3.8) is 0 Å². The summed E-state index contributed by atoms with van der Waals surface area (Å²) < 4.78 is 2.71. The van der Waals surface area contributed by atoms with Crippen LogP contribution in [0.1, 0.15) is 33.4 Å². The molecule has 0 amide bonds. The zero-order chi connectivity index (χ0) is 25.9. The van der Waals surface area contributed by atoms with Gasteiger partial charge in [0.15, 0.2) is 0 Å². The van der Waals surface area contributed by atoms with Gasteiger partial charge in [0, 0.05) is 19.2 Å². The highest BCUT2D eigenvalue weighted by Crippen LogP contribution is 2.41. The summed E-state index contributed by atoms with van der Waals surface area (Å²) in [5.41, 5.74) is 10.0. The molecule has 0 bridgehead atoms. The van der Waals surface area contributed by atoms with Crippen LogP contribution in [0.15, 0.2) is 109 Å². The quantitative estimate of drug-likeness (QED) is 0.190. The molecule has 2 heteroatoms. The van der Waals surface area contributed by atoms with Gasteiger partial charge in [-0.25, -0.2) is 0 Å². The predicted molar refractivity (Wildman–Crippen MR) is 171 cm³/mol. The minimum atomic E-state index is 1.21. The maximum absolute atomic E-state index is 2.34. The number of rotatable bonds is 6. The van der Waals surface area contributed by atoms with Crippen molar-refractivity contribution in [2.45, 2.75) is 13.8 Å². The lowest BCUT2D eigenvalue weighted by Crippen LogP contribution is -1.76. The topological polar surface area (TPSA) is 0 Å². The van der Waals surface area contributed by atoms with Crippen molar-refractivity contribution in [1.29, 1.82) is 0 Å². The first-order valence-corrected chi connectivity index (χ1v) is 14.5. The van der Waals surface area contributed by atoms with Gasteiger partial charge in [-0.05, 0) is 59.4 Å². The molecular formula is C36H28S2.